The van der Waals surface area contributed by atoms with Gasteiger partial charge in [0, 0.05) is 16.8 Å². The molecule has 0 unspecified atom stereocenters. The van der Waals surface area contributed by atoms with Crippen LogP contribution < -0.4 is 5.73 Å². The summed E-state index contributed by atoms with van der Waals surface area (Å²) < 4.78 is 1.75. The highest BCUT2D eigenvalue weighted by Crippen LogP contribution is 2.27. The first kappa shape index (κ1) is 11.6. The Bertz CT molecular complexity index is 797. The quantitative estimate of drug-likeness (QED) is 0.737. The Morgan fingerprint density at radius 3 is 2.63 bits per heavy atom. The summed E-state index contributed by atoms with van der Waals surface area (Å²) in [4.78, 5) is 4.46. The minimum atomic E-state index is 0.543. The van der Waals surface area contributed by atoms with Crippen LogP contribution in [0, 0.1) is 11.3 Å². The maximum absolute atomic E-state index is 8.89. The molecule has 5 heteroatoms. The van der Waals surface area contributed by atoms with E-state index in [1.165, 1.54) is 0 Å². The van der Waals surface area contributed by atoms with Gasteiger partial charge in [-0.2, -0.15) is 5.26 Å². The summed E-state index contributed by atoms with van der Waals surface area (Å²) in [5, 5.41) is 9.55. The summed E-state index contributed by atoms with van der Waals surface area (Å²) in [7, 11) is 0. The number of nitriles is 1. The largest absolute Gasteiger partial charge is 0.383 e. The molecule has 0 bridgehead atoms. The number of anilines is 1. The van der Waals surface area contributed by atoms with Gasteiger partial charge in [-0.05, 0) is 24.3 Å². The number of benzene rings is 1. The van der Waals surface area contributed by atoms with Crippen LogP contribution in [0.1, 0.15) is 5.56 Å². The highest BCUT2D eigenvalue weighted by molar-refractivity contribution is 6.30. The van der Waals surface area contributed by atoms with Crippen molar-refractivity contribution in [2.75, 3.05) is 5.73 Å². The van der Waals surface area contributed by atoms with Crippen molar-refractivity contribution in [3.8, 4) is 17.3 Å². The third-order valence-electron chi connectivity index (χ3n) is 2.91. The molecule has 0 spiro atoms. The van der Waals surface area contributed by atoms with E-state index in [1.807, 2.05) is 12.1 Å². The first-order chi connectivity index (χ1) is 9.19. The zero-order chi connectivity index (χ0) is 13.4. The predicted octanol–water partition coefficient (Wildman–Crippen LogP) is 3.11. The number of nitrogen functional groups attached to an aromatic ring is 1. The minimum absolute atomic E-state index is 0.543. The molecule has 2 N–H and O–H groups in total. The monoisotopic (exact) mass is 268 g/mol. The molecule has 4 nitrogen and oxygen atoms in total. The van der Waals surface area contributed by atoms with Crippen molar-refractivity contribution in [2.24, 2.45) is 0 Å². The molecule has 92 valence electrons. The third-order valence-corrected chi connectivity index (χ3v) is 3.16. The van der Waals surface area contributed by atoms with Crippen LogP contribution in [0.5, 0.6) is 0 Å². The Morgan fingerprint density at radius 2 is 1.95 bits per heavy atom. The van der Waals surface area contributed by atoms with Crippen LogP contribution in [0.25, 0.3) is 16.9 Å². The standard InChI is InChI=1S/C14H9ClN4/c15-11-3-1-10(2-4-11)13-14(17)19-6-5-9(8-16)7-12(19)18-13/h1-7H,17H2. The van der Waals surface area contributed by atoms with Gasteiger partial charge >= 0.3 is 0 Å². The van der Waals surface area contributed by atoms with Gasteiger partial charge < -0.3 is 5.73 Å². The fourth-order valence-electron chi connectivity index (χ4n) is 1.95. The van der Waals surface area contributed by atoms with Crippen LogP contribution in [-0.2, 0) is 0 Å². The Labute approximate surface area is 114 Å². The fourth-order valence-corrected chi connectivity index (χ4v) is 2.08. The normalized spacial score (nSPS) is 10.5. The molecule has 2 aromatic heterocycles. The number of rotatable bonds is 1. The fraction of sp³-hybridized carbons (Fsp3) is 0. The summed E-state index contributed by atoms with van der Waals surface area (Å²) in [6.07, 6.45) is 1.75. The SMILES string of the molecule is N#Cc1ccn2c(N)c(-c3ccc(Cl)cc3)nc2c1. The Morgan fingerprint density at radius 1 is 1.21 bits per heavy atom. The van der Waals surface area contributed by atoms with Crippen LogP contribution in [0.4, 0.5) is 5.82 Å². The van der Waals surface area contributed by atoms with Gasteiger partial charge in [0.1, 0.15) is 17.2 Å². The molecule has 0 fully saturated rings. The van der Waals surface area contributed by atoms with Gasteiger partial charge in [-0.15, -0.1) is 0 Å². The van der Waals surface area contributed by atoms with Crippen LogP contribution >= 0.6 is 11.6 Å². The number of hydrogen-bond donors (Lipinski definition) is 1. The first-order valence-electron chi connectivity index (χ1n) is 5.62. The molecule has 0 radical (unpaired) electrons. The number of nitrogens with zero attached hydrogens (tertiary/aromatic N) is 3. The average Bonchev–Trinajstić information content (AvgIpc) is 2.76. The van der Waals surface area contributed by atoms with E-state index in [0.717, 1.165) is 5.56 Å². The van der Waals surface area contributed by atoms with Crippen molar-refractivity contribution in [3.05, 3.63) is 53.2 Å². The number of halogens is 1. The Hall–Kier alpha value is -2.51. The molecule has 0 saturated carbocycles. The van der Waals surface area contributed by atoms with E-state index in [4.69, 9.17) is 22.6 Å². The molecule has 0 amide bonds. The van der Waals surface area contributed by atoms with E-state index in [-0.39, 0.29) is 0 Å². The maximum Gasteiger partial charge on any atom is 0.140 e. The van der Waals surface area contributed by atoms with Crippen molar-refractivity contribution >= 4 is 23.1 Å². The number of hydrogen-bond acceptors (Lipinski definition) is 3. The molecular weight excluding hydrogens is 260 g/mol. The molecule has 1 aromatic carbocycles. The lowest BCUT2D eigenvalue weighted by Gasteiger charge is -1.99. The molecule has 0 aliphatic heterocycles. The summed E-state index contributed by atoms with van der Waals surface area (Å²) in [5.74, 6) is 0.543. The zero-order valence-corrected chi connectivity index (χ0v) is 10.6. The van der Waals surface area contributed by atoms with Gasteiger partial charge in [-0.1, -0.05) is 23.7 Å². The third kappa shape index (κ3) is 1.90. The molecule has 0 saturated heterocycles. The van der Waals surface area contributed by atoms with E-state index >= 15 is 0 Å². The molecule has 0 aliphatic rings. The van der Waals surface area contributed by atoms with E-state index in [9.17, 15) is 0 Å². The van der Waals surface area contributed by atoms with E-state index < -0.39 is 0 Å². The molecule has 3 rings (SSSR count). The van der Waals surface area contributed by atoms with Crippen molar-refractivity contribution in [1.82, 2.24) is 9.38 Å². The van der Waals surface area contributed by atoms with Crippen LogP contribution in [0.15, 0.2) is 42.6 Å². The Kier molecular flexibility index (Phi) is 2.62. The van der Waals surface area contributed by atoms with Gasteiger partial charge in [0.15, 0.2) is 0 Å². The molecule has 0 aliphatic carbocycles. The summed E-state index contributed by atoms with van der Waals surface area (Å²) >= 11 is 5.86. The van der Waals surface area contributed by atoms with Crippen LogP contribution in [0.2, 0.25) is 5.02 Å². The minimum Gasteiger partial charge on any atom is -0.383 e. The van der Waals surface area contributed by atoms with Crippen molar-refractivity contribution in [2.45, 2.75) is 0 Å². The predicted molar refractivity (Wildman–Crippen MR) is 74.8 cm³/mol. The molecule has 0 atom stereocenters. The van der Waals surface area contributed by atoms with Crippen molar-refractivity contribution in [3.63, 3.8) is 0 Å². The number of pyridine rings is 1. The lowest BCUT2D eigenvalue weighted by molar-refractivity contribution is 1.19. The van der Waals surface area contributed by atoms with E-state index in [0.29, 0.717) is 27.7 Å². The first-order valence-corrected chi connectivity index (χ1v) is 6.00. The second-order valence-electron chi connectivity index (χ2n) is 4.11. The van der Waals surface area contributed by atoms with Gasteiger partial charge in [-0.25, -0.2) is 4.98 Å². The lowest BCUT2D eigenvalue weighted by atomic mass is 10.1. The second kappa shape index (κ2) is 4.30. The van der Waals surface area contributed by atoms with E-state index in [2.05, 4.69) is 11.1 Å². The van der Waals surface area contributed by atoms with Crippen molar-refractivity contribution < 1.29 is 0 Å². The van der Waals surface area contributed by atoms with Gasteiger partial charge in [0.2, 0.25) is 0 Å². The zero-order valence-electron chi connectivity index (χ0n) is 9.84. The molecule has 2 heterocycles. The number of imidazole rings is 1. The number of nitrogens with two attached hydrogens (primary N) is 1. The maximum atomic E-state index is 8.89. The topological polar surface area (TPSA) is 67.1 Å². The van der Waals surface area contributed by atoms with Crippen LogP contribution in [-0.4, -0.2) is 9.38 Å². The highest BCUT2D eigenvalue weighted by Gasteiger charge is 2.11. The van der Waals surface area contributed by atoms with Gasteiger partial charge in [-0.3, -0.25) is 4.40 Å². The highest BCUT2D eigenvalue weighted by atomic mass is 35.5. The molecule has 19 heavy (non-hydrogen) atoms. The Balaban J connectivity index is 2.22. The lowest BCUT2D eigenvalue weighted by Crippen LogP contribution is -1.94. The van der Waals surface area contributed by atoms with E-state index in [1.54, 1.807) is 34.9 Å². The number of fused-ring (bicyclic) bond motifs is 1. The average molecular weight is 269 g/mol. The van der Waals surface area contributed by atoms with Crippen LogP contribution in [0.3, 0.4) is 0 Å². The second-order valence-corrected chi connectivity index (χ2v) is 4.54. The van der Waals surface area contributed by atoms with Gasteiger partial charge in [0.25, 0.3) is 0 Å². The summed E-state index contributed by atoms with van der Waals surface area (Å²) in [6, 6.07) is 12.8. The number of aromatic nitrogens is 2. The summed E-state index contributed by atoms with van der Waals surface area (Å²) in [5.41, 5.74) is 8.87. The summed E-state index contributed by atoms with van der Waals surface area (Å²) in [6.45, 7) is 0. The smallest absolute Gasteiger partial charge is 0.140 e. The molecular formula is C14H9ClN4. The van der Waals surface area contributed by atoms with Crippen molar-refractivity contribution in [1.29, 1.82) is 5.26 Å². The molecule has 3 aromatic rings. The van der Waals surface area contributed by atoms with Gasteiger partial charge in [0.05, 0.1) is 11.6 Å².